The Morgan fingerprint density at radius 3 is 2.75 bits per heavy atom. The number of likely N-dealkylation sites (tertiary alicyclic amines) is 1. The molecule has 2 unspecified atom stereocenters. The highest BCUT2D eigenvalue weighted by atomic mass is 19.1. The van der Waals surface area contributed by atoms with E-state index >= 15 is 0 Å². The van der Waals surface area contributed by atoms with Gasteiger partial charge in [-0.15, -0.1) is 0 Å². The molecule has 2 aliphatic rings. The van der Waals surface area contributed by atoms with Gasteiger partial charge in [0.1, 0.15) is 11.6 Å². The third-order valence-corrected chi connectivity index (χ3v) is 6.54. The Hall–Kier alpha value is -2.88. The highest BCUT2D eigenvalue weighted by Gasteiger charge is 2.40. The van der Waals surface area contributed by atoms with Crippen LogP contribution in [0, 0.1) is 23.5 Å². The number of ether oxygens (including phenoxy) is 1. The van der Waals surface area contributed by atoms with Crippen LogP contribution in [0.5, 0.6) is 0 Å². The smallest absolute Gasteiger partial charge is 0.312 e. The van der Waals surface area contributed by atoms with Crippen molar-refractivity contribution in [3.63, 3.8) is 0 Å². The highest BCUT2D eigenvalue weighted by molar-refractivity contribution is 5.91. The molecule has 0 spiro atoms. The first kappa shape index (κ1) is 22.3. The van der Waals surface area contributed by atoms with Crippen LogP contribution < -0.4 is 5.32 Å². The van der Waals surface area contributed by atoms with Gasteiger partial charge in [-0.3, -0.25) is 14.5 Å². The number of nitrogens with zero attached hydrogens (tertiary/aromatic N) is 3. The van der Waals surface area contributed by atoms with Crippen molar-refractivity contribution in [2.24, 2.45) is 11.8 Å². The molecular weight excluding hydrogens is 422 g/mol. The third-order valence-electron chi connectivity index (χ3n) is 6.54. The van der Waals surface area contributed by atoms with Gasteiger partial charge in [-0.25, -0.2) is 8.78 Å². The van der Waals surface area contributed by atoms with Crippen LogP contribution in [0.25, 0.3) is 11.5 Å². The molecule has 172 valence electrons. The summed E-state index contributed by atoms with van der Waals surface area (Å²) in [5.74, 6) is -3.11. The van der Waals surface area contributed by atoms with Crippen molar-refractivity contribution in [2.45, 2.75) is 44.7 Å². The quantitative estimate of drug-likeness (QED) is 0.703. The molecule has 8 nitrogen and oxygen atoms in total. The summed E-state index contributed by atoms with van der Waals surface area (Å²) in [6.45, 7) is 3.49. The molecule has 32 heavy (non-hydrogen) atoms. The number of carbonyl (C=O) groups is 2. The fraction of sp³-hybridized carbons (Fsp3) is 0.545. The third kappa shape index (κ3) is 4.50. The summed E-state index contributed by atoms with van der Waals surface area (Å²) >= 11 is 0. The van der Waals surface area contributed by atoms with Crippen molar-refractivity contribution < 1.29 is 27.6 Å². The zero-order valence-electron chi connectivity index (χ0n) is 18.0. The van der Waals surface area contributed by atoms with Gasteiger partial charge < -0.3 is 14.6 Å². The van der Waals surface area contributed by atoms with Crippen LogP contribution in [-0.2, 0) is 9.53 Å². The van der Waals surface area contributed by atoms with Crippen LogP contribution in [-0.4, -0.2) is 59.2 Å². The van der Waals surface area contributed by atoms with Crippen molar-refractivity contribution in [3.05, 3.63) is 35.7 Å². The van der Waals surface area contributed by atoms with E-state index in [0.717, 1.165) is 25.1 Å². The highest BCUT2D eigenvalue weighted by Crippen LogP contribution is 2.33. The van der Waals surface area contributed by atoms with E-state index in [9.17, 15) is 18.4 Å². The molecule has 2 fully saturated rings. The molecule has 0 bridgehead atoms. The first-order chi connectivity index (χ1) is 15.4. The molecule has 1 amide bonds. The lowest BCUT2D eigenvalue weighted by Gasteiger charge is -2.41. The number of nitrogens with one attached hydrogen (secondary N) is 1. The van der Waals surface area contributed by atoms with Crippen molar-refractivity contribution in [1.29, 1.82) is 0 Å². The molecule has 1 aromatic carbocycles. The number of aromatic nitrogens is 2. The van der Waals surface area contributed by atoms with E-state index in [0.29, 0.717) is 31.0 Å². The lowest BCUT2D eigenvalue weighted by Crippen LogP contribution is -2.56. The van der Waals surface area contributed by atoms with Gasteiger partial charge in [0.2, 0.25) is 0 Å². The molecule has 1 aromatic heterocycles. The van der Waals surface area contributed by atoms with Gasteiger partial charge in [0.05, 0.1) is 18.6 Å². The predicted molar refractivity (Wildman–Crippen MR) is 109 cm³/mol. The van der Waals surface area contributed by atoms with Crippen LogP contribution >= 0.6 is 0 Å². The molecule has 2 aromatic rings. The SMILES string of the molecule is COC(=O)[C@@H]1CN(C2CCCC2C)CC[C@H]1NC(=O)c1noc(-c2ccc(F)cc2F)n1. The number of methoxy groups -OCH3 is 1. The molecule has 2 heterocycles. The lowest BCUT2D eigenvalue weighted by atomic mass is 9.89. The number of carbonyl (C=O) groups excluding carboxylic acids is 2. The van der Waals surface area contributed by atoms with Gasteiger partial charge in [0.15, 0.2) is 0 Å². The van der Waals surface area contributed by atoms with E-state index in [1.54, 1.807) is 0 Å². The average molecular weight is 448 g/mol. The molecule has 0 radical (unpaired) electrons. The summed E-state index contributed by atoms with van der Waals surface area (Å²) < 4.78 is 37.1. The summed E-state index contributed by atoms with van der Waals surface area (Å²) in [4.78, 5) is 31.5. The minimum absolute atomic E-state index is 0.107. The largest absolute Gasteiger partial charge is 0.469 e. The Morgan fingerprint density at radius 2 is 2.06 bits per heavy atom. The predicted octanol–water partition coefficient (Wildman–Crippen LogP) is 2.80. The second kappa shape index (κ2) is 9.32. The summed E-state index contributed by atoms with van der Waals surface area (Å²) in [6, 6.07) is 2.89. The molecule has 4 atom stereocenters. The maximum absolute atomic E-state index is 14.0. The topological polar surface area (TPSA) is 97.6 Å². The summed E-state index contributed by atoms with van der Waals surface area (Å²) in [7, 11) is 1.33. The second-order valence-corrected chi connectivity index (χ2v) is 8.52. The molecule has 4 rings (SSSR count). The van der Waals surface area contributed by atoms with Crippen molar-refractivity contribution in [2.75, 3.05) is 20.2 Å². The molecule has 1 saturated heterocycles. The fourth-order valence-electron chi connectivity index (χ4n) is 4.83. The van der Waals surface area contributed by atoms with E-state index in [1.807, 2.05) is 0 Å². The maximum atomic E-state index is 14.0. The van der Waals surface area contributed by atoms with E-state index in [-0.39, 0.29) is 23.2 Å². The number of halogens is 2. The maximum Gasteiger partial charge on any atom is 0.312 e. The van der Waals surface area contributed by atoms with E-state index in [2.05, 4.69) is 27.3 Å². The monoisotopic (exact) mass is 448 g/mol. The fourth-order valence-corrected chi connectivity index (χ4v) is 4.83. The van der Waals surface area contributed by atoms with Gasteiger partial charge in [0, 0.05) is 31.2 Å². The Kier molecular flexibility index (Phi) is 6.50. The van der Waals surface area contributed by atoms with Crippen molar-refractivity contribution in [1.82, 2.24) is 20.4 Å². The standard InChI is InChI=1S/C22H26F2N4O4/c1-12-4-3-5-18(12)28-9-8-17(15(11-28)22(30)31-2)25-20(29)19-26-21(32-27-19)14-7-6-13(23)10-16(14)24/h6-7,10,12,15,17-18H,3-5,8-9,11H2,1-2H3,(H,25,29)/t12?,15-,17-,18?/m1/s1. The number of hydrogen-bond donors (Lipinski definition) is 1. The Bertz CT molecular complexity index is 998. The number of benzene rings is 1. The van der Waals surface area contributed by atoms with Gasteiger partial charge in [-0.05, 0) is 37.3 Å². The van der Waals surface area contributed by atoms with E-state index in [1.165, 1.54) is 20.0 Å². The molecule has 10 heteroatoms. The summed E-state index contributed by atoms with van der Waals surface area (Å²) in [6.07, 6.45) is 4.04. The lowest BCUT2D eigenvalue weighted by molar-refractivity contribution is -0.148. The van der Waals surface area contributed by atoms with Gasteiger partial charge >= 0.3 is 5.97 Å². The summed E-state index contributed by atoms with van der Waals surface area (Å²) in [5, 5.41) is 6.42. The van der Waals surface area contributed by atoms with Gasteiger partial charge in [0.25, 0.3) is 17.6 Å². The zero-order chi connectivity index (χ0) is 22.8. The van der Waals surface area contributed by atoms with E-state index in [4.69, 9.17) is 9.26 Å². The Morgan fingerprint density at radius 1 is 1.25 bits per heavy atom. The first-order valence-corrected chi connectivity index (χ1v) is 10.8. The number of rotatable bonds is 5. The van der Waals surface area contributed by atoms with Crippen molar-refractivity contribution >= 4 is 11.9 Å². The van der Waals surface area contributed by atoms with Crippen LogP contribution in [0.1, 0.15) is 43.2 Å². The minimum Gasteiger partial charge on any atom is -0.469 e. The number of piperidine rings is 1. The zero-order valence-corrected chi connectivity index (χ0v) is 18.0. The Balaban J connectivity index is 1.46. The Labute approximate surface area is 184 Å². The molecular formula is C22H26F2N4O4. The number of esters is 1. The van der Waals surface area contributed by atoms with Crippen molar-refractivity contribution in [3.8, 4) is 11.5 Å². The van der Waals surface area contributed by atoms with Crippen LogP contribution in [0.4, 0.5) is 8.78 Å². The first-order valence-electron chi connectivity index (χ1n) is 10.8. The molecule has 1 saturated carbocycles. The minimum atomic E-state index is -0.875. The normalized spacial score (nSPS) is 26.1. The number of amides is 1. The summed E-state index contributed by atoms with van der Waals surface area (Å²) in [5.41, 5.74) is -0.107. The van der Waals surface area contributed by atoms with Crippen LogP contribution in [0.15, 0.2) is 22.7 Å². The van der Waals surface area contributed by atoms with Gasteiger partial charge in [-0.1, -0.05) is 18.5 Å². The van der Waals surface area contributed by atoms with Gasteiger partial charge in [-0.2, -0.15) is 4.98 Å². The van der Waals surface area contributed by atoms with Crippen LogP contribution in [0.3, 0.4) is 0 Å². The van der Waals surface area contributed by atoms with Crippen LogP contribution in [0.2, 0.25) is 0 Å². The van der Waals surface area contributed by atoms with E-state index < -0.39 is 29.5 Å². The number of hydrogen-bond acceptors (Lipinski definition) is 7. The average Bonchev–Trinajstić information content (AvgIpc) is 3.43. The molecule has 1 N–H and O–H groups in total. The molecule has 1 aliphatic carbocycles. The molecule has 1 aliphatic heterocycles. The second-order valence-electron chi connectivity index (χ2n) is 8.52.